The molecule has 2 aromatic heterocycles. The van der Waals surface area contributed by atoms with Gasteiger partial charge in [0, 0.05) is 14.9 Å². The number of thiophene rings is 1. The van der Waals surface area contributed by atoms with Crippen LogP contribution < -0.4 is 11.0 Å². The Morgan fingerprint density at radius 3 is 3.10 bits per heavy atom. The van der Waals surface area contributed by atoms with E-state index in [4.69, 9.17) is 0 Å². The van der Waals surface area contributed by atoms with Gasteiger partial charge in [0.1, 0.15) is 16.6 Å². The number of benzene rings is 1. The van der Waals surface area contributed by atoms with Crippen molar-refractivity contribution in [1.82, 2.24) is 15.0 Å². The third-order valence-corrected chi connectivity index (χ3v) is 7.06. The van der Waals surface area contributed by atoms with E-state index in [1.54, 1.807) is 30.4 Å². The number of halogens is 1. The topological polar surface area (TPSA) is 96.6 Å². The number of phenols is 1. The summed E-state index contributed by atoms with van der Waals surface area (Å²) in [6.07, 6.45) is 5.69. The van der Waals surface area contributed by atoms with Crippen molar-refractivity contribution in [2.24, 2.45) is 11.0 Å². The maximum Gasteiger partial charge on any atom is 0.263 e. The summed E-state index contributed by atoms with van der Waals surface area (Å²) in [6.45, 7) is 3.86. The zero-order chi connectivity index (χ0) is 21.4. The molecule has 2 atom stereocenters. The minimum atomic E-state index is -0.777. The van der Waals surface area contributed by atoms with Crippen LogP contribution in [0.15, 0.2) is 38.9 Å². The predicted molar refractivity (Wildman–Crippen MR) is 121 cm³/mol. The zero-order valence-electron chi connectivity index (χ0n) is 16.6. The van der Waals surface area contributed by atoms with E-state index in [0.717, 1.165) is 34.1 Å². The Kier molecular flexibility index (Phi) is 5.75. The van der Waals surface area contributed by atoms with Crippen molar-refractivity contribution < 1.29 is 9.90 Å². The molecular formula is C21H21BrN4O3S. The average molecular weight is 489 g/mol. The lowest BCUT2D eigenvalue weighted by atomic mass is 9.89. The Hall–Kier alpha value is -2.52. The summed E-state index contributed by atoms with van der Waals surface area (Å²) < 4.78 is 2.13. The van der Waals surface area contributed by atoms with Crippen molar-refractivity contribution in [2.45, 2.75) is 39.2 Å². The molecule has 4 rings (SSSR count). The van der Waals surface area contributed by atoms with Crippen molar-refractivity contribution in [3.63, 3.8) is 0 Å². The minimum Gasteiger partial charge on any atom is -0.507 e. The van der Waals surface area contributed by atoms with Crippen LogP contribution in [-0.4, -0.2) is 26.8 Å². The molecule has 1 amide bonds. The van der Waals surface area contributed by atoms with Crippen LogP contribution in [0.3, 0.4) is 0 Å². The predicted octanol–water partition coefficient (Wildman–Crippen LogP) is 3.76. The monoisotopic (exact) mass is 488 g/mol. The van der Waals surface area contributed by atoms with Crippen LogP contribution in [0.4, 0.5) is 0 Å². The summed E-state index contributed by atoms with van der Waals surface area (Å²) >= 11 is 4.90. The van der Waals surface area contributed by atoms with Crippen LogP contribution in [-0.2, 0) is 17.6 Å². The van der Waals surface area contributed by atoms with Crippen molar-refractivity contribution >= 4 is 49.6 Å². The molecule has 9 heteroatoms. The first-order valence-corrected chi connectivity index (χ1v) is 11.3. The quantitative estimate of drug-likeness (QED) is 0.431. The second kappa shape index (κ2) is 8.31. The number of carbonyl (C=O) groups is 1. The van der Waals surface area contributed by atoms with Gasteiger partial charge in [-0.1, -0.05) is 22.9 Å². The fourth-order valence-corrected chi connectivity index (χ4v) is 5.35. The van der Waals surface area contributed by atoms with Gasteiger partial charge in [-0.15, -0.1) is 11.3 Å². The largest absolute Gasteiger partial charge is 0.507 e. The first-order valence-electron chi connectivity index (χ1n) is 9.68. The molecule has 30 heavy (non-hydrogen) atoms. The van der Waals surface area contributed by atoms with Gasteiger partial charge in [-0.25, -0.2) is 10.4 Å². The molecule has 0 aliphatic heterocycles. The number of rotatable bonds is 4. The van der Waals surface area contributed by atoms with Crippen LogP contribution >= 0.6 is 27.3 Å². The zero-order valence-corrected chi connectivity index (χ0v) is 19.0. The molecule has 0 spiro atoms. The van der Waals surface area contributed by atoms with E-state index >= 15 is 0 Å². The van der Waals surface area contributed by atoms with Crippen molar-refractivity contribution in [3.8, 4) is 5.75 Å². The number of phenolic OH excluding ortho intramolecular Hbond substituents is 1. The fraction of sp³-hybridized carbons (Fsp3) is 0.333. The minimum absolute atomic E-state index is 0.0478. The van der Waals surface area contributed by atoms with E-state index < -0.39 is 11.9 Å². The molecule has 0 saturated carbocycles. The van der Waals surface area contributed by atoms with E-state index in [9.17, 15) is 14.7 Å². The Morgan fingerprint density at radius 2 is 2.30 bits per heavy atom. The first kappa shape index (κ1) is 20.7. The van der Waals surface area contributed by atoms with Crippen molar-refractivity contribution in [1.29, 1.82) is 0 Å². The number of nitrogens with one attached hydrogen (secondary N) is 1. The number of amides is 1. The summed E-state index contributed by atoms with van der Waals surface area (Å²) in [4.78, 5) is 32.1. The van der Waals surface area contributed by atoms with E-state index in [-0.39, 0.29) is 11.3 Å². The number of hydrogen-bond donors (Lipinski definition) is 2. The fourth-order valence-electron chi connectivity index (χ4n) is 3.63. The van der Waals surface area contributed by atoms with Gasteiger partial charge in [0.05, 0.1) is 17.9 Å². The Labute approximate surface area is 185 Å². The molecule has 0 bridgehead atoms. The SMILES string of the molecule is CC1CCc2c(sc3ncn(C(C)C(=O)N/N=C/c4cc(Br)ccc4O)c(=O)c23)C1. The lowest BCUT2D eigenvalue weighted by Gasteiger charge is -2.18. The lowest BCUT2D eigenvalue weighted by Crippen LogP contribution is -2.34. The van der Waals surface area contributed by atoms with Gasteiger partial charge in [-0.3, -0.25) is 14.2 Å². The number of fused-ring (bicyclic) bond motifs is 3. The average Bonchev–Trinajstić information content (AvgIpc) is 3.08. The normalized spacial score (nSPS) is 17.2. The molecule has 2 unspecified atom stereocenters. The number of hydrazone groups is 1. The van der Waals surface area contributed by atoms with E-state index in [1.807, 2.05) is 0 Å². The molecular weight excluding hydrogens is 468 g/mol. The van der Waals surface area contributed by atoms with Crippen LogP contribution in [0.2, 0.25) is 0 Å². The Morgan fingerprint density at radius 1 is 1.50 bits per heavy atom. The van der Waals surface area contributed by atoms with Gasteiger partial charge in [0.2, 0.25) is 0 Å². The summed E-state index contributed by atoms with van der Waals surface area (Å²) in [6, 6.07) is 4.13. The Bertz CT molecular complexity index is 1220. The van der Waals surface area contributed by atoms with Crippen LogP contribution in [0.5, 0.6) is 5.75 Å². The number of carbonyl (C=O) groups excluding carboxylic acids is 1. The molecule has 0 saturated heterocycles. The number of nitrogens with zero attached hydrogens (tertiary/aromatic N) is 3. The third-order valence-electron chi connectivity index (χ3n) is 5.41. The van der Waals surface area contributed by atoms with Gasteiger partial charge < -0.3 is 5.11 Å². The van der Waals surface area contributed by atoms with Crippen molar-refractivity contribution in [3.05, 3.63) is 55.4 Å². The molecule has 2 N–H and O–H groups in total. The summed E-state index contributed by atoms with van der Waals surface area (Å²) in [5.41, 5.74) is 3.79. The van der Waals surface area contributed by atoms with Gasteiger partial charge in [-0.05, 0) is 55.9 Å². The molecule has 2 heterocycles. The molecule has 3 aromatic rings. The second-order valence-electron chi connectivity index (χ2n) is 7.60. The molecule has 1 aromatic carbocycles. The summed E-state index contributed by atoms with van der Waals surface area (Å²) in [5.74, 6) is 0.216. The van der Waals surface area contributed by atoms with Crippen LogP contribution in [0.25, 0.3) is 10.2 Å². The van der Waals surface area contributed by atoms with Gasteiger partial charge >= 0.3 is 0 Å². The maximum absolute atomic E-state index is 13.1. The highest BCUT2D eigenvalue weighted by molar-refractivity contribution is 9.10. The van der Waals surface area contributed by atoms with E-state index in [1.165, 1.54) is 28.1 Å². The Balaban J connectivity index is 1.57. The molecule has 1 aliphatic rings. The maximum atomic E-state index is 13.1. The highest BCUT2D eigenvalue weighted by Crippen LogP contribution is 2.35. The lowest BCUT2D eigenvalue weighted by molar-refractivity contribution is -0.123. The molecule has 0 radical (unpaired) electrons. The number of aromatic hydroxyl groups is 1. The molecule has 156 valence electrons. The molecule has 7 nitrogen and oxygen atoms in total. The summed E-state index contributed by atoms with van der Waals surface area (Å²) in [7, 11) is 0. The van der Waals surface area contributed by atoms with Crippen LogP contribution in [0, 0.1) is 5.92 Å². The molecule has 1 aliphatic carbocycles. The third kappa shape index (κ3) is 3.91. The van der Waals surface area contributed by atoms with Gasteiger partial charge in [0.15, 0.2) is 0 Å². The van der Waals surface area contributed by atoms with Crippen LogP contribution in [0.1, 0.15) is 42.3 Å². The highest BCUT2D eigenvalue weighted by Gasteiger charge is 2.25. The first-order chi connectivity index (χ1) is 14.3. The number of hydrogen-bond acceptors (Lipinski definition) is 6. The van der Waals surface area contributed by atoms with Gasteiger partial charge in [-0.2, -0.15) is 5.10 Å². The summed E-state index contributed by atoms with van der Waals surface area (Å²) in [5, 5.41) is 14.4. The molecule has 0 fully saturated rings. The van der Waals surface area contributed by atoms with Crippen molar-refractivity contribution in [2.75, 3.05) is 0 Å². The van der Waals surface area contributed by atoms with E-state index in [2.05, 4.69) is 38.4 Å². The van der Waals surface area contributed by atoms with E-state index in [0.29, 0.717) is 16.9 Å². The smallest absolute Gasteiger partial charge is 0.263 e. The highest BCUT2D eigenvalue weighted by atomic mass is 79.9. The van der Waals surface area contributed by atoms with Gasteiger partial charge in [0.25, 0.3) is 11.5 Å². The second-order valence-corrected chi connectivity index (χ2v) is 9.60. The number of aromatic nitrogens is 2. The standard InChI is InChI=1S/C21H21BrN4O3S/c1-11-3-5-15-17(7-11)30-20-18(15)21(29)26(10-23-20)12(2)19(28)25-24-9-13-8-14(22)4-6-16(13)27/h4,6,8-12,27H,3,5,7H2,1-2H3,(H,25,28)/b24-9+. The number of aryl methyl sites for hydroxylation is 1.